The second-order valence-corrected chi connectivity index (χ2v) is 7.24. The lowest BCUT2D eigenvalue weighted by atomic mass is 10.0. The fourth-order valence-electron chi connectivity index (χ4n) is 3.09. The number of hydrogen-bond acceptors (Lipinski definition) is 4. The van der Waals surface area contributed by atoms with Crippen LogP contribution in [0.3, 0.4) is 0 Å². The largest absolute Gasteiger partial charge is 0.443 e. The molecule has 1 saturated carbocycles. The minimum Gasteiger partial charge on any atom is -0.443 e. The van der Waals surface area contributed by atoms with Gasteiger partial charge in [0.1, 0.15) is 5.60 Å². The van der Waals surface area contributed by atoms with Crippen LogP contribution in [0, 0.1) is 0 Å². The van der Waals surface area contributed by atoms with Gasteiger partial charge in [0.15, 0.2) is 0 Å². The summed E-state index contributed by atoms with van der Waals surface area (Å²) in [5.41, 5.74) is 1.26. The van der Waals surface area contributed by atoms with E-state index in [1.807, 2.05) is 0 Å². The molecular formula is C20H23F2N3O2. The molecule has 1 aromatic carbocycles. The van der Waals surface area contributed by atoms with E-state index in [-0.39, 0.29) is 17.3 Å². The van der Waals surface area contributed by atoms with E-state index >= 15 is 0 Å². The van der Waals surface area contributed by atoms with E-state index in [1.165, 1.54) is 18.3 Å². The molecule has 5 nitrogen and oxygen atoms in total. The minimum absolute atomic E-state index is 0.0999. The van der Waals surface area contributed by atoms with Crippen molar-refractivity contribution in [3.8, 4) is 0 Å². The van der Waals surface area contributed by atoms with Crippen molar-refractivity contribution in [3.63, 3.8) is 0 Å². The highest BCUT2D eigenvalue weighted by molar-refractivity contribution is 5.91. The maximum Gasteiger partial charge on any atom is 0.410 e. The Balaban J connectivity index is 1.76. The number of aliphatic imine (C=N–C) groups is 2. The first kappa shape index (κ1) is 19.2. The summed E-state index contributed by atoms with van der Waals surface area (Å²) in [5, 5.41) is 0. The van der Waals surface area contributed by atoms with Gasteiger partial charge in [-0.25, -0.2) is 13.6 Å². The summed E-state index contributed by atoms with van der Waals surface area (Å²) >= 11 is 0. The van der Waals surface area contributed by atoms with Crippen LogP contribution in [-0.2, 0) is 10.7 Å². The maximum absolute atomic E-state index is 13.6. The summed E-state index contributed by atoms with van der Waals surface area (Å²) in [7, 11) is 0. The van der Waals surface area contributed by atoms with E-state index in [2.05, 4.69) is 16.7 Å². The molecule has 144 valence electrons. The van der Waals surface area contributed by atoms with Gasteiger partial charge in [-0.3, -0.25) is 9.98 Å². The Morgan fingerprint density at radius 3 is 2.74 bits per heavy atom. The van der Waals surface area contributed by atoms with Crippen LogP contribution < -0.4 is 0 Å². The van der Waals surface area contributed by atoms with Gasteiger partial charge in [0.2, 0.25) is 0 Å². The average molecular weight is 375 g/mol. The van der Waals surface area contributed by atoms with Crippen LogP contribution in [0.15, 0.2) is 40.5 Å². The van der Waals surface area contributed by atoms with Crippen LogP contribution in [0.25, 0.3) is 5.70 Å². The van der Waals surface area contributed by atoms with E-state index in [9.17, 15) is 13.6 Å². The molecule has 2 fully saturated rings. The molecule has 0 aromatic heterocycles. The number of amides is 1. The molecule has 7 heteroatoms. The predicted molar refractivity (Wildman–Crippen MR) is 101 cm³/mol. The number of carbonyl (C=O) groups excluding carboxylic acids is 1. The molecule has 27 heavy (non-hydrogen) atoms. The van der Waals surface area contributed by atoms with E-state index in [0.29, 0.717) is 30.1 Å². The summed E-state index contributed by atoms with van der Waals surface area (Å²) < 4.78 is 32.7. The Hall–Kier alpha value is -2.57. The average Bonchev–Trinajstić information content (AvgIpc) is 3.35. The standard InChI is InChI=1S/C20H23F2N3O2/c1-14(13-25-10-9-20(7-8-20)27-18(25)26)24-17(12-23-3)15-5-4-6-16(11-15)19(2,21)22/h4-6,11-12H,3,7-10,13H2,1-2H3/b17-12-,24-14+. The zero-order valence-electron chi connectivity index (χ0n) is 15.5. The molecule has 1 heterocycles. The van der Waals surface area contributed by atoms with Crippen molar-refractivity contribution in [1.29, 1.82) is 0 Å². The number of rotatable bonds is 6. The maximum atomic E-state index is 13.6. The van der Waals surface area contributed by atoms with Crippen molar-refractivity contribution in [2.24, 2.45) is 9.98 Å². The lowest BCUT2D eigenvalue weighted by Crippen LogP contribution is -2.45. The molecule has 1 amide bonds. The summed E-state index contributed by atoms with van der Waals surface area (Å²) in [6.45, 7) is 7.00. The summed E-state index contributed by atoms with van der Waals surface area (Å²) in [6.07, 6.45) is 3.81. The fraction of sp³-hybridized carbons (Fsp3) is 0.450. The van der Waals surface area contributed by atoms with Crippen molar-refractivity contribution >= 4 is 24.2 Å². The molecule has 3 rings (SSSR count). The van der Waals surface area contributed by atoms with Gasteiger partial charge in [-0.15, -0.1) is 0 Å². The van der Waals surface area contributed by atoms with E-state index in [0.717, 1.165) is 26.2 Å². The van der Waals surface area contributed by atoms with Gasteiger partial charge >= 0.3 is 6.09 Å². The Bertz CT molecular complexity index is 808. The zero-order chi connectivity index (χ0) is 19.7. The minimum atomic E-state index is -2.95. The van der Waals surface area contributed by atoms with Gasteiger partial charge in [-0.05, 0) is 32.5 Å². The van der Waals surface area contributed by atoms with E-state index in [1.54, 1.807) is 24.0 Å². The molecule has 0 bridgehead atoms. The Morgan fingerprint density at radius 1 is 1.41 bits per heavy atom. The predicted octanol–water partition coefficient (Wildman–Crippen LogP) is 4.63. The number of ether oxygens (including phenoxy) is 1. The fourth-order valence-corrected chi connectivity index (χ4v) is 3.09. The highest BCUT2D eigenvalue weighted by atomic mass is 19.3. The first-order chi connectivity index (χ1) is 12.7. The summed E-state index contributed by atoms with van der Waals surface area (Å²) in [6, 6.07) is 6.01. The Kier molecular flexibility index (Phi) is 5.13. The molecular weight excluding hydrogens is 352 g/mol. The Morgan fingerprint density at radius 2 is 2.15 bits per heavy atom. The Labute approximate surface area is 157 Å². The summed E-state index contributed by atoms with van der Waals surface area (Å²) in [5.74, 6) is -2.95. The topological polar surface area (TPSA) is 54.3 Å². The molecule has 0 N–H and O–H groups in total. The van der Waals surface area contributed by atoms with Crippen LogP contribution in [0.1, 0.15) is 44.2 Å². The van der Waals surface area contributed by atoms with Crippen molar-refractivity contribution in [2.45, 2.75) is 44.6 Å². The van der Waals surface area contributed by atoms with Crippen LogP contribution in [0.2, 0.25) is 0 Å². The molecule has 2 aliphatic rings. The van der Waals surface area contributed by atoms with Crippen molar-refractivity contribution < 1.29 is 18.3 Å². The monoisotopic (exact) mass is 375 g/mol. The SMILES string of the molecule is C=N/C=C(\N=C(/C)CN1CCC2(CC2)OC1=O)c1cccc(C(C)(F)F)c1. The van der Waals surface area contributed by atoms with Crippen LogP contribution in [0.5, 0.6) is 0 Å². The van der Waals surface area contributed by atoms with Crippen LogP contribution in [-0.4, -0.2) is 42.1 Å². The molecule has 1 saturated heterocycles. The molecule has 0 radical (unpaired) electrons. The molecule has 0 unspecified atom stereocenters. The third-order valence-electron chi connectivity index (χ3n) is 4.82. The smallest absolute Gasteiger partial charge is 0.410 e. The highest BCUT2D eigenvalue weighted by Gasteiger charge is 2.50. The number of hydrogen-bond donors (Lipinski definition) is 0. The van der Waals surface area contributed by atoms with Crippen molar-refractivity contribution in [3.05, 3.63) is 41.6 Å². The van der Waals surface area contributed by atoms with Gasteiger partial charge in [-0.1, -0.05) is 18.2 Å². The number of halogens is 2. The van der Waals surface area contributed by atoms with E-state index < -0.39 is 5.92 Å². The molecule has 0 atom stereocenters. The zero-order valence-corrected chi connectivity index (χ0v) is 15.5. The number of carbonyl (C=O) groups is 1. The van der Waals surface area contributed by atoms with Crippen LogP contribution in [0.4, 0.5) is 13.6 Å². The van der Waals surface area contributed by atoms with Gasteiger partial charge in [0.05, 0.1) is 18.4 Å². The lowest BCUT2D eigenvalue weighted by molar-refractivity contribution is 0.0153. The second-order valence-electron chi connectivity index (χ2n) is 7.24. The van der Waals surface area contributed by atoms with E-state index in [4.69, 9.17) is 4.74 Å². The van der Waals surface area contributed by atoms with Gasteiger partial charge in [0.25, 0.3) is 5.92 Å². The molecule has 1 aliphatic carbocycles. The van der Waals surface area contributed by atoms with Crippen molar-refractivity contribution in [2.75, 3.05) is 13.1 Å². The molecule has 1 aromatic rings. The summed E-state index contributed by atoms with van der Waals surface area (Å²) in [4.78, 5) is 22.0. The normalized spacial score (nSPS) is 19.9. The number of nitrogens with zero attached hydrogens (tertiary/aromatic N) is 3. The first-order valence-corrected chi connectivity index (χ1v) is 8.89. The van der Waals surface area contributed by atoms with Gasteiger partial charge in [0, 0.05) is 36.7 Å². The molecule has 1 aliphatic heterocycles. The van der Waals surface area contributed by atoms with Gasteiger partial charge in [-0.2, -0.15) is 0 Å². The third kappa shape index (κ3) is 4.59. The number of benzene rings is 1. The third-order valence-corrected chi connectivity index (χ3v) is 4.82. The second kappa shape index (κ2) is 7.21. The van der Waals surface area contributed by atoms with Crippen LogP contribution >= 0.6 is 0 Å². The first-order valence-electron chi connectivity index (χ1n) is 8.89. The quantitative estimate of drug-likeness (QED) is 0.681. The number of alkyl halides is 2. The lowest BCUT2D eigenvalue weighted by Gasteiger charge is -2.31. The highest BCUT2D eigenvalue weighted by Crippen LogP contribution is 2.45. The van der Waals surface area contributed by atoms with Crippen molar-refractivity contribution in [1.82, 2.24) is 4.90 Å². The van der Waals surface area contributed by atoms with Gasteiger partial charge < -0.3 is 9.64 Å². The molecule has 1 spiro atoms.